The predicted molar refractivity (Wildman–Crippen MR) is 110 cm³/mol. The Kier molecular flexibility index (Phi) is 4.74. The zero-order valence-corrected chi connectivity index (χ0v) is 15.3. The van der Waals surface area contributed by atoms with Crippen LogP contribution in [-0.2, 0) is 0 Å². The van der Waals surface area contributed by atoms with E-state index < -0.39 is 0 Å². The molecule has 0 unspecified atom stereocenters. The number of nitrogens with zero attached hydrogens (tertiary/aromatic N) is 5. The van der Waals surface area contributed by atoms with Crippen molar-refractivity contribution in [1.29, 1.82) is 0 Å². The molecule has 0 aliphatic carbocycles. The van der Waals surface area contributed by atoms with E-state index >= 15 is 0 Å². The zero-order valence-electron chi connectivity index (χ0n) is 15.3. The predicted octanol–water partition coefficient (Wildman–Crippen LogP) is 2.83. The van der Waals surface area contributed by atoms with Crippen molar-refractivity contribution >= 4 is 28.8 Å². The van der Waals surface area contributed by atoms with Crippen LogP contribution < -0.4 is 20.9 Å². The molecule has 0 radical (unpaired) electrons. The molecule has 0 bridgehead atoms. The average molecular weight is 361 g/mol. The van der Waals surface area contributed by atoms with Crippen LogP contribution in [0.1, 0.15) is 5.56 Å². The van der Waals surface area contributed by atoms with Gasteiger partial charge in [-0.1, -0.05) is 24.3 Å². The van der Waals surface area contributed by atoms with E-state index in [1.165, 1.54) is 5.69 Å². The fourth-order valence-electron chi connectivity index (χ4n) is 3.22. The van der Waals surface area contributed by atoms with Gasteiger partial charge < -0.3 is 20.9 Å². The Hall–Kier alpha value is -3.35. The molecule has 138 valence electrons. The van der Waals surface area contributed by atoms with E-state index in [4.69, 9.17) is 5.73 Å². The van der Waals surface area contributed by atoms with Gasteiger partial charge in [0.25, 0.3) is 0 Å². The fourth-order valence-corrected chi connectivity index (χ4v) is 3.22. The van der Waals surface area contributed by atoms with Crippen LogP contribution in [0, 0.1) is 6.92 Å². The molecule has 27 heavy (non-hydrogen) atoms. The third-order valence-electron chi connectivity index (χ3n) is 4.72. The number of nitrogens with one attached hydrogen (secondary N) is 1. The molecule has 0 amide bonds. The highest BCUT2D eigenvalue weighted by Crippen LogP contribution is 2.29. The zero-order chi connectivity index (χ0) is 18.6. The van der Waals surface area contributed by atoms with E-state index in [1.54, 1.807) is 6.33 Å². The van der Waals surface area contributed by atoms with Crippen molar-refractivity contribution in [2.45, 2.75) is 6.92 Å². The summed E-state index contributed by atoms with van der Waals surface area (Å²) in [6.07, 6.45) is 3.36. The number of pyridine rings is 1. The molecule has 1 saturated heterocycles. The number of nitrogen functional groups attached to an aromatic ring is 1. The summed E-state index contributed by atoms with van der Waals surface area (Å²) >= 11 is 0. The van der Waals surface area contributed by atoms with Crippen LogP contribution in [0.3, 0.4) is 0 Å². The van der Waals surface area contributed by atoms with Crippen molar-refractivity contribution in [3.05, 3.63) is 60.6 Å². The molecule has 1 fully saturated rings. The lowest BCUT2D eigenvalue weighted by molar-refractivity contribution is 0.647. The topological polar surface area (TPSA) is 83.2 Å². The Balaban J connectivity index is 1.47. The lowest BCUT2D eigenvalue weighted by atomic mass is 10.2. The molecule has 1 aliphatic heterocycles. The number of aryl methyl sites for hydroxylation is 1. The molecular formula is C20H23N7. The molecule has 0 atom stereocenters. The van der Waals surface area contributed by atoms with Gasteiger partial charge in [0, 0.05) is 38.1 Å². The number of benzene rings is 1. The van der Waals surface area contributed by atoms with Gasteiger partial charge in [-0.15, -0.1) is 0 Å². The molecule has 3 heterocycles. The number of aromatic nitrogens is 3. The van der Waals surface area contributed by atoms with Gasteiger partial charge in [-0.2, -0.15) is 0 Å². The minimum Gasteiger partial charge on any atom is -0.393 e. The maximum atomic E-state index is 6.37. The first-order valence-electron chi connectivity index (χ1n) is 9.06. The first-order chi connectivity index (χ1) is 13.2. The Morgan fingerprint density at radius 1 is 0.889 bits per heavy atom. The monoisotopic (exact) mass is 361 g/mol. The first-order valence-corrected chi connectivity index (χ1v) is 9.06. The molecule has 0 spiro atoms. The molecule has 4 rings (SSSR count). The van der Waals surface area contributed by atoms with Crippen molar-refractivity contribution in [2.75, 3.05) is 47.0 Å². The molecule has 2 aromatic heterocycles. The number of piperazine rings is 1. The van der Waals surface area contributed by atoms with Crippen LogP contribution >= 0.6 is 0 Å². The second kappa shape index (κ2) is 7.49. The molecule has 3 N–H and O–H groups in total. The summed E-state index contributed by atoms with van der Waals surface area (Å²) in [7, 11) is 0. The molecule has 0 saturated carbocycles. The average Bonchev–Trinajstić information content (AvgIpc) is 2.72. The Morgan fingerprint density at radius 2 is 1.63 bits per heavy atom. The Morgan fingerprint density at radius 3 is 2.33 bits per heavy atom. The van der Waals surface area contributed by atoms with Crippen molar-refractivity contribution in [3.8, 4) is 0 Å². The van der Waals surface area contributed by atoms with Crippen molar-refractivity contribution in [2.24, 2.45) is 0 Å². The van der Waals surface area contributed by atoms with E-state index in [-0.39, 0.29) is 0 Å². The summed E-state index contributed by atoms with van der Waals surface area (Å²) in [6, 6.07) is 14.4. The van der Waals surface area contributed by atoms with Gasteiger partial charge in [0.15, 0.2) is 11.6 Å². The van der Waals surface area contributed by atoms with Gasteiger partial charge in [-0.25, -0.2) is 15.0 Å². The number of para-hydroxylation sites is 1. The normalized spacial score (nSPS) is 14.3. The maximum absolute atomic E-state index is 6.37. The lowest BCUT2D eigenvalue weighted by Crippen LogP contribution is -2.47. The fraction of sp³-hybridized carbons (Fsp3) is 0.250. The number of rotatable bonds is 4. The van der Waals surface area contributed by atoms with E-state index in [0.717, 1.165) is 37.6 Å². The number of anilines is 5. The van der Waals surface area contributed by atoms with E-state index in [1.807, 2.05) is 31.3 Å². The van der Waals surface area contributed by atoms with Crippen LogP contribution in [0.25, 0.3) is 0 Å². The van der Waals surface area contributed by atoms with Gasteiger partial charge in [0.05, 0.1) is 0 Å². The lowest BCUT2D eigenvalue weighted by Gasteiger charge is -2.37. The largest absolute Gasteiger partial charge is 0.393 e. The third-order valence-corrected chi connectivity index (χ3v) is 4.72. The van der Waals surface area contributed by atoms with Gasteiger partial charge >= 0.3 is 0 Å². The molecule has 7 heteroatoms. The van der Waals surface area contributed by atoms with E-state index in [9.17, 15) is 0 Å². The minimum atomic E-state index is 0.549. The van der Waals surface area contributed by atoms with Crippen LogP contribution in [0.4, 0.5) is 28.8 Å². The Bertz CT molecular complexity index is 888. The van der Waals surface area contributed by atoms with Crippen LogP contribution in [0.2, 0.25) is 0 Å². The van der Waals surface area contributed by atoms with Crippen LogP contribution in [0.5, 0.6) is 0 Å². The van der Waals surface area contributed by atoms with Crippen LogP contribution in [0.15, 0.2) is 55.0 Å². The molecule has 1 aromatic carbocycles. The number of hydrogen-bond acceptors (Lipinski definition) is 7. The van der Waals surface area contributed by atoms with Gasteiger partial charge in [-0.05, 0) is 30.7 Å². The summed E-state index contributed by atoms with van der Waals surface area (Å²) in [5, 5.41) is 3.19. The molecule has 1 aliphatic rings. The molecule has 7 nitrogen and oxygen atoms in total. The van der Waals surface area contributed by atoms with Gasteiger partial charge in [0.1, 0.15) is 17.8 Å². The van der Waals surface area contributed by atoms with Gasteiger partial charge in [0.2, 0.25) is 0 Å². The highest BCUT2D eigenvalue weighted by molar-refractivity contribution is 5.77. The number of hydrogen-bond donors (Lipinski definition) is 2. The van der Waals surface area contributed by atoms with E-state index in [0.29, 0.717) is 17.3 Å². The minimum absolute atomic E-state index is 0.549. The summed E-state index contributed by atoms with van der Waals surface area (Å²) in [6.45, 7) is 5.57. The smallest absolute Gasteiger partial charge is 0.160 e. The van der Waals surface area contributed by atoms with Crippen molar-refractivity contribution < 1.29 is 0 Å². The van der Waals surface area contributed by atoms with Crippen molar-refractivity contribution in [3.63, 3.8) is 0 Å². The highest BCUT2D eigenvalue weighted by Gasteiger charge is 2.21. The number of nitrogens with two attached hydrogens (primary N) is 1. The second-order valence-electron chi connectivity index (χ2n) is 6.61. The van der Waals surface area contributed by atoms with Gasteiger partial charge in [-0.3, -0.25) is 0 Å². The van der Waals surface area contributed by atoms with E-state index in [2.05, 4.69) is 54.3 Å². The van der Waals surface area contributed by atoms with Crippen LogP contribution in [-0.4, -0.2) is 41.1 Å². The standard InChI is InChI=1S/C20H23N7/c1-15-7-8-17(22-13-15)25-19-18(21)20(24-14-23-19)27-11-9-26(10-12-27)16-5-3-2-4-6-16/h2-8,13-14H,9-12,21H2,1H3,(H,22,23,24,25). The quantitative estimate of drug-likeness (QED) is 0.739. The summed E-state index contributed by atoms with van der Waals surface area (Å²) < 4.78 is 0. The summed E-state index contributed by atoms with van der Waals surface area (Å²) in [5.41, 5.74) is 9.27. The Labute approximate surface area is 158 Å². The third kappa shape index (κ3) is 3.76. The SMILES string of the molecule is Cc1ccc(Nc2ncnc(N3CCN(c4ccccc4)CC3)c2N)nc1. The second-order valence-corrected chi connectivity index (χ2v) is 6.61. The highest BCUT2D eigenvalue weighted by atomic mass is 15.3. The maximum Gasteiger partial charge on any atom is 0.160 e. The summed E-state index contributed by atoms with van der Waals surface area (Å²) in [5.74, 6) is 2.07. The van der Waals surface area contributed by atoms with Crippen molar-refractivity contribution in [1.82, 2.24) is 15.0 Å². The molecular weight excluding hydrogens is 338 g/mol. The summed E-state index contributed by atoms with van der Waals surface area (Å²) in [4.78, 5) is 17.7. The molecule has 3 aromatic rings. The first kappa shape index (κ1) is 17.1.